The summed E-state index contributed by atoms with van der Waals surface area (Å²) in [6.07, 6.45) is 1.39. The number of carbonyl (C=O) groups excluding carboxylic acids is 1. The molecule has 0 atom stereocenters. The van der Waals surface area contributed by atoms with Crippen molar-refractivity contribution < 1.29 is 4.79 Å². The number of aryl methyl sites for hydroxylation is 2. The summed E-state index contributed by atoms with van der Waals surface area (Å²) in [5.74, 6) is 0.745. The Morgan fingerprint density at radius 1 is 1.23 bits per heavy atom. The molecular weight excluding hydrogens is 280 g/mol. The van der Waals surface area contributed by atoms with Gasteiger partial charge in [-0.1, -0.05) is 6.92 Å². The van der Waals surface area contributed by atoms with Gasteiger partial charge in [0.2, 0.25) is 5.91 Å². The molecule has 124 valence electrons. The van der Waals surface area contributed by atoms with Crippen LogP contribution in [-0.2, 0) is 18.4 Å². The zero-order valence-corrected chi connectivity index (χ0v) is 14.3. The highest BCUT2D eigenvalue weighted by molar-refractivity contribution is 5.81. The number of aromatic nitrogens is 2. The van der Waals surface area contributed by atoms with Gasteiger partial charge in [0.25, 0.3) is 0 Å². The lowest BCUT2D eigenvalue weighted by Gasteiger charge is -2.12. The van der Waals surface area contributed by atoms with E-state index < -0.39 is 0 Å². The third-order valence-electron chi connectivity index (χ3n) is 3.53. The summed E-state index contributed by atoms with van der Waals surface area (Å²) in [5, 5.41) is 13.6. The van der Waals surface area contributed by atoms with Crippen LogP contribution in [0.1, 0.15) is 36.7 Å². The number of carbonyl (C=O) groups is 1. The number of nitrogens with one attached hydrogen (secondary N) is 3. The SMILES string of the molecule is CCCNC(=O)CCNC(=NC)NCc1c(C)nn(C)c1C. The summed E-state index contributed by atoms with van der Waals surface area (Å²) in [7, 11) is 3.66. The van der Waals surface area contributed by atoms with Crippen molar-refractivity contribution in [2.75, 3.05) is 20.1 Å². The van der Waals surface area contributed by atoms with E-state index in [0.29, 0.717) is 25.5 Å². The van der Waals surface area contributed by atoms with Crippen LogP contribution in [0.4, 0.5) is 0 Å². The van der Waals surface area contributed by atoms with E-state index in [1.54, 1.807) is 7.05 Å². The average molecular weight is 308 g/mol. The number of hydrogen-bond donors (Lipinski definition) is 3. The van der Waals surface area contributed by atoms with E-state index in [1.807, 2.05) is 32.5 Å². The first-order valence-electron chi connectivity index (χ1n) is 7.69. The van der Waals surface area contributed by atoms with E-state index in [1.165, 1.54) is 5.56 Å². The molecule has 0 saturated heterocycles. The van der Waals surface area contributed by atoms with Gasteiger partial charge >= 0.3 is 0 Å². The number of nitrogens with zero attached hydrogens (tertiary/aromatic N) is 3. The Morgan fingerprint density at radius 2 is 1.95 bits per heavy atom. The molecule has 0 spiro atoms. The Bertz CT molecular complexity index is 520. The zero-order chi connectivity index (χ0) is 16.5. The van der Waals surface area contributed by atoms with Crippen LogP contribution in [0.25, 0.3) is 0 Å². The van der Waals surface area contributed by atoms with Crippen molar-refractivity contribution in [3.05, 3.63) is 17.0 Å². The van der Waals surface area contributed by atoms with E-state index >= 15 is 0 Å². The number of hydrogen-bond acceptors (Lipinski definition) is 3. The van der Waals surface area contributed by atoms with Crippen molar-refractivity contribution in [1.82, 2.24) is 25.7 Å². The highest BCUT2D eigenvalue weighted by atomic mass is 16.1. The van der Waals surface area contributed by atoms with Crippen molar-refractivity contribution in [2.24, 2.45) is 12.0 Å². The lowest BCUT2D eigenvalue weighted by molar-refractivity contribution is -0.120. The Hall–Kier alpha value is -2.05. The van der Waals surface area contributed by atoms with Crippen molar-refractivity contribution in [2.45, 2.75) is 40.2 Å². The summed E-state index contributed by atoms with van der Waals surface area (Å²) in [4.78, 5) is 15.7. The third-order valence-corrected chi connectivity index (χ3v) is 3.53. The normalized spacial score (nSPS) is 11.4. The highest BCUT2D eigenvalue weighted by Gasteiger charge is 2.09. The summed E-state index contributed by atoms with van der Waals surface area (Å²) in [5.41, 5.74) is 3.33. The van der Waals surface area contributed by atoms with Crippen molar-refractivity contribution >= 4 is 11.9 Å². The van der Waals surface area contributed by atoms with Crippen molar-refractivity contribution in [1.29, 1.82) is 0 Å². The number of rotatable bonds is 7. The quantitative estimate of drug-likeness (QED) is 0.509. The molecule has 0 aromatic carbocycles. The van der Waals surface area contributed by atoms with Gasteiger partial charge in [0.1, 0.15) is 0 Å². The molecule has 0 saturated carbocycles. The van der Waals surface area contributed by atoms with Crippen LogP contribution in [0, 0.1) is 13.8 Å². The maximum absolute atomic E-state index is 11.5. The maximum atomic E-state index is 11.5. The average Bonchev–Trinajstić information content (AvgIpc) is 2.74. The van der Waals surface area contributed by atoms with Crippen LogP contribution in [0.5, 0.6) is 0 Å². The minimum absolute atomic E-state index is 0.0590. The molecule has 0 aliphatic carbocycles. The molecule has 3 N–H and O–H groups in total. The third kappa shape index (κ3) is 5.38. The summed E-state index contributed by atoms with van der Waals surface area (Å²) in [6.45, 7) is 8.02. The van der Waals surface area contributed by atoms with Gasteiger partial charge < -0.3 is 16.0 Å². The molecule has 1 heterocycles. The molecule has 0 aliphatic rings. The molecule has 0 fully saturated rings. The van der Waals surface area contributed by atoms with Crippen molar-refractivity contribution in [3.8, 4) is 0 Å². The molecule has 1 amide bonds. The largest absolute Gasteiger partial charge is 0.356 e. The van der Waals surface area contributed by atoms with Gasteiger partial charge in [-0.3, -0.25) is 14.5 Å². The van der Waals surface area contributed by atoms with Crippen LogP contribution in [0.3, 0.4) is 0 Å². The second-order valence-corrected chi connectivity index (χ2v) is 5.23. The smallest absolute Gasteiger partial charge is 0.221 e. The van der Waals surface area contributed by atoms with E-state index in [2.05, 4.69) is 26.0 Å². The fourth-order valence-corrected chi connectivity index (χ4v) is 2.11. The van der Waals surface area contributed by atoms with Crippen LogP contribution in [0.2, 0.25) is 0 Å². The molecule has 0 aliphatic heterocycles. The molecule has 1 aromatic rings. The zero-order valence-electron chi connectivity index (χ0n) is 14.3. The van der Waals surface area contributed by atoms with Gasteiger partial charge in [0.15, 0.2) is 5.96 Å². The van der Waals surface area contributed by atoms with Gasteiger partial charge in [0.05, 0.1) is 5.69 Å². The van der Waals surface area contributed by atoms with Gasteiger partial charge in [-0.15, -0.1) is 0 Å². The fraction of sp³-hybridized carbons (Fsp3) is 0.667. The number of aliphatic imine (C=N–C) groups is 1. The Labute approximate surface area is 132 Å². The standard InChI is InChI=1S/C15H28N6O/c1-6-8-17-14(22)7-9-18-15(16-4)19-10-13-11(2)20-21(5)12(13)3/h6-10H2,1-5H3,(H,17,22)(H2,16,18,19). The Morgan fingerprint density at radius 3 is 2.50 bits per heavy atom. The van der Waals surface area contributed by atoms with Crippen molar-refractivity contribution in [3.63, 3.8) is 0 Å². The molecule has 1 aromatic heterocycles. The summed E-state index contributed by atoms with van der Waals surface area (Å²) in [6, 6.07) is 0. The predicted octanol–water partition coefficient (Wildman–Crippen LogP) is 0.618. The lowest BCUT2D eigenvalue weighted by atomic mass is 10.2. The van der Waals surface area contributed by atoms with Gasteiger partial charge in [-0.05, 0) is 20.3 Å². The fourth-order valence-electron chi connectivity index (χ4n) is 2.11. The van der Waals surface area contributed by atoms with Gasteiger partial charge in [-0.2, -0.15) is 5.10 Å². The molecule has 7 heteroatoms. The van der Waals surface area contributed by atoms with Crippen LogP contribution >= 0.6 is 0 Å². The topological polar surface area (TPSA) is 83.3 Å². The van der Waals surface area contributed by atoms with E-state index in [4.69, 9.17) is 0 Å². The van der Waals surface area contributed by atoms with E-state index in [9.17, 15) is 4.79 Å². The number of amides is 1. The molecule has 1 rings (SSSR count). The second kappa shape index (κ2) is 9.07. The monoisotopic (exact) mass is 308 g/mol. The second-order valence-electron chi connectivity index (χ2n) is 5.23. The minimum Gasteiger partial charge on any atom is -0.356 e. The molecule has 0 radical (unpaired) electrons. The predicted molar refractivity (Wildman–Crippen MR) is 88.8 cm³/mol. The molecule has 0 bridgehead atoms. The Kier molecular flexibility index (Phi) is 7.42. The summed E-state index contributed by atoms with van der Waals surface area (Å²) >= 11 is 0. The first kappa shape index (κ1) is 18.0. The molecule has 7 nitrogen and oxygen atoms in total. The van der Waals surface area contributed by atoms with Gasteiger partial charge in [0, 0.05) is 51.4 Å². The number of guanidine groups is 1. The highest BCUT2D eigenvalue weighted by Crippen LogP contribution is 2.10. The summed E-state index contributed by atoms with van der Waals surface area (Å²) < 4.78 is 1.88. The first-order valence-corrected chi connectivity index (χ1v) is 7.69. The lowest BCUT2D eigenvalue weighted by Crippen LogP contribution is -2.39. The van der Waals surface area contributed by atoms with Crippen LogP contribution in [0.15, 0.2) is 4.99 Å². The Balaban J connectivity index is 2.38. The van der Waals surface area contributed by atoms with Crippen LogP contribution in [-0.4, -0.2) is 41.8 Å². The molecule has 22 heavy (non-hydrogen) atoms. The molecular formula is C15H28N6O. The minimum atomic E-state index is 0.0590. The maximum Gasteiger partial charge on any atom is 0.221 e. The van der Waals surface area contributed by atoms with Gasteiger partial charge in [-0.25, -0.2) is 0 Å². The molecule has 0 unspecified atom stereocenters. The van der Waals surface area contributed by atoms with E-state index in [-0.39, 0.29) is 5.91 Å². The first-order chi connectivity index (χ1) is 10.5. The van der Waals surface area contributed by atoms with E-state index in [0.717, 1.165) is 24.4 Å². The van der Waals surface area contributed by atoms with Crippen LogP contribution < -0.4 is 16.0 Å².